The molecule has 0 spiro atoms. The van der Waals surface area contributed by atoms with Crippen LogP contribution >= 0.6 is 22.9 Å². The summed E-state index contributed by atoms with van der Waals surface area (Å²) in [6.45, 7) is 1.48. The van der Waals surface area contributed by atoms with E-state index in [1.807, 2.05) is 49.3 Å². The number of carbonyl (C=O) groups is 1. The summed E-state index contributed by atoms with van der Waals surface area (Å²) in [5.41, 5.74) is 1.70. The highest BCUT2D eigenvalue weighted by atomic mass is 35.5. The maximum Gasteiger partial charge on any atom is 0.252 e. The van der Waals surface area contributed by atoms with Crippen molar-refractivity contribution in [3.05, 3.63) is 53.1 Å². The molecule has 0 fully saturated rings. The summed E-state index contributed by atoms with van der Waals surface area (Å²) in [6, 6.07) is 11.1. The fraction of sp³-hybridized carbons (Fsp3) is 0.238. The molecule has 0 aliphatic carbocycles. The Balaban J connectivity index is 1.58. The summed E-state index contributed by atoms with van der Waals surface area (Å²) in [5.74, 6) is 1.27. The van der Waals surface area contributed by atoms with Crippen molar-refractivity contribution in [3.8, 4) is 11.5 Å². The number of halogens is 1. The third kappa shape index (κ3) is 4.53. The molecule has 0 atom stereocenters. The van der Waals surface area contributed by atoms with E-state index in [1.165, 1.54) is 11.3 Å². The Kier molecular flexibility index (Phi) is 5.71. The lowest BCUT2D eigenvalue weighted by atomic mass is 10.2. The van der Waals surface area contributed by atoms with E-state index in [1.54, 1.807) is 23.1 Å². The van der Waals surface area contributed by atoms with Crippen LogP contribution in [-0.2, 0) is 4.79 Å². The van der Waals surface area contributed by atoms with Crippen LogP contribution in [0.3, 0.4) is 0 Å². The molecule has 4 rings (SSSR count). The van der Waals surface area contributed by atoms with Gasteiger partial charge >= 0.3 is 0 Å². The first-order valence-electron chi connectivity index (χ1n) is 9.10. The van der Waals surface area contributed by atoms with Crippen LogP contribution < -0.4 is 14.4 Å². The highest BCUT2D eigenvalue weighted by Crippen LogP contribution is 2.33. The summed E-state index contributed by atoms with van der Waals surface area (Å²) in [5, 5.41) is 1.31. The van der Waals surface area contributed by atoms with Crippen LogP contribution in [0.5, 0.6) is 11.5 Å². The summed E-state index contributed by atoms with van der Waals surface area (Å²) >= 11 is 7.55. The van der Waals surface area contributed by atoms with Crippen molar-refractivity contribution in [2.45, 2.75) is 0 Å². The highest BCUT2D eigenvalue weighted by molar-refractivity contribution is 7.22. The van der Waals surface area contributed by atoms with Crippen molar-refractivity contribution >= 4 is 50.3 Å². The minimum absolute atomic E-state index is 0.130. The summed E-state index contributed by atoms with van der Waals surface area (Å²) in [6.07, 6.45) is 3.34. The lowest BCUT2D eigenvalue weighted by Gasteiger charge is -2.20. The molecule has 8 heteroatoms. The second-order valence-electron chi connectivity index (χ2n) is 6.85. The van der Waals surface area contributed by atoms with E-state index < -0.39 is 0 Å². The van der Waals surface area contributed by atoms with Gasteiger partial charge in [-0.3, -0.25) is 9.69 Å². The summed E-state index contributed by atoms with van der Waals surface area (Å²) in [4.78, 5) is 21.4. The molecule has 0 saturated carbocycles. The molecule has 0 unspecified atom stereocenters. The van der Waals surface area contributed by atoms with E-state index in [0.717, 1.165) is 22.3 Å². The van der Waals surface area contributed by atoms with E-state index in [9.17, 15) is 4.79 Å². The number of aromatic nitrogens is 1. The number of thiazole rings is 1. The zero-order chi connectivity index (χ0) is 20.4. The number of benzene rings is 2. The van der Waals surface area contributed by atoms with Crippen molar-refractivity contribution < 1.29 is 14.3 Å². The van der Waals surface area contributed by atoms with Crippen molar-refractivity contribution in [2.75, 3.05) is 38.9 Å². The van der Waals surface area contributed by atoms with E-state index >= 15 is 0 Å². The smallest absolute Gasteiger partial charge is 0.252 e. The van der Waals surface area contributed by atoms with Crippen LogP contribution in [0, 0.1) is 0 Å². The normalized spacial score (nSPS) is 13.0. The third-order valence-corrected chi connectivity index (χ3v) is 5.70. The lowest BCUT2D eigenvalue weighted by Crippen LogP contribution is -2.35. The molecule has 0 saturated heterocycles. The molecule has 3 aromatic rings. The predicted octanol–water partition coefficient (Wildman–Crippen LogP) is 4.29. The molecular weight excluding hydrogens is 410 g/mol. The fourth-order valence-electron chi connectivity index (χ4n) is 2.88. The minimum Gasteiger partial charge on any atom is -0.454 e. The van der Waals surface area contributed by atoms with Gasteiger partial charge in [-0.15, -0.1) is 0 Å². The second kappa shape index (κ2) is 8.41. The van der Waals surface area contributed by atoms with Crippen LogP contribution in [0.2, 0.25) is 5.02 Å². The van der Waals surface area contributed by atoms with E-state index in [4.69, 9.17) is 21.1 Å². The van der Waals surface area contributed by atoms with E-state index in [-0.39, 0.29) is 12.7 Å². The minimum atomic E-state index is -0.130. The van der Waals surface area contributed by atoms with Gasteiger partial charge in [-0.05, 0) is 56.1 Å². The number of hydrogen-bond acceptors (Lipinski definition) is 6. The Morgan fingerprint density at radius 3 is 2.83 bits per heavy atom. The molecule has 2 heterocycles. The van der Waals surface area contributed by atoms with Crippen LogP contribution in [0.1, 0.15) is 5.56 Å². The van der Waals surface area contributed by atoms with Gasteiger partial charge < -0.3 is 14.4 Å². The Morgan fingerprint density at radius 1 is 1.17 bits per heavy atom. The van der Waals surface area contributed by atoms with Gasteiger partial charge in [0, 0.05) is 24.2 Å². The van der Waals surface area contributed by atoms with Crippen LogP contribution in [-0.4, -0.2) is 49.8 Å². The number of hydrogen-bond donors (Lipinski definition) is 0. The highest BCUT2D eigenvalue weighted by Gasteiger charge is 2.18. The van der Waals surface area contributed by atoms with E-state index in [2.05, 4.69) is 4.98 Å². The molecule has 2 aromatic carbocycles. The van der Waals surface area contributed by atoms with E-state index in [0.29, 0.717) is 28.2 Å². The monoisotopic (exact) mass is 429 g/mol. The molecule has 1 aliphatic rings. The number of fused-ring (bicyclic) bond motifs is 2. The maximum absolute atomic E-state index is 13.0. The maximum atomic E-state index is 13.0. The Hall–Kier alpha value is -2.61. The third-order valence-electron chi connectivity index (χ3n) is 4.42. The zero-order valence-electron chi connectivity index (χ0n) is 16.1. The number of ether oxygens (including phenoxy) is 2. The van der Waals surface area contributed by atoms with Gasteiger partial charge in [-0.25, -0.2) is 4.98 Å². The molecule has 1 amide bonds. The van der Waals surface area contributed by atoms with Gasteiger partial charge in [0.15, 0.2) is 16.6 Å². The number of nitrogens with zero attached hydrogens (tertiary/aromatic N) is 3. The molecule has 150 valence electrons. The number of anilines is 1. The van der Waals surface area contributed by atoms with Crippen molar-refractivity contribution in [2.24, 2.45) is 0 Å². The molecule has 0 radical (unpaired) electrons. The average Bonchev–Trinajstić information content (AvgIpc) is 3.32. The number of amides is 1. The number of rotatable bonds is 6. The van der Waals surface area contributed by atoms with Gasteiger partial charge in [0.25, 0.3) is 5.91 Å². The van der Waals surface area contributed by atoms with Crippen molar-refractivity contribution in [3.63, 3.8) is 0 Å². The first-order valence-corrected chi connectivity index (χ1v) is 10.3. The first-order chi connectivity index (χ1) is 14.0. The number of likely N-dealkylation sites (N-methyl/N-ethyl adjacent to an activating group) is 1. The second-order valence-corrected chi connectivity index (χ2v) is 8.29. The molecule has 1 aromatic heterocycles. The standard InChI is InChI=1S/C21H20ClN3O3S/c1-24(2)9-10-25(21-23-16-6-5-15(22)12-19(16)29-21)20(26)8-4-14-3-7-17-18(11-14)28-13-27-17/h3-8,11-12H,9-10,13H2,1-2H3. The van der Waals surface area contributed by atoms with Crippen molar-refractivity contribution in [1.29, 1.82) is 0 Å². The molecule has 29 heavy (non-hydrogen) atoms. The lowest BCUT2D eigenvalue weighted by molar-refractivity contribution is -0.114. The first kappa shape index (κ1) is 19.7. The quantitative estimate of drug-likeness (QED) is 0.547. The molecule has 0 bridgehead atoms. The van der Waals surface area contributed by atoms with Crippen LogP contribution in [0.4, 0.5) is 5.13 Å². The van der Waals surface area contributed by atoms with Crippen LogP contribution in [0.25, 0.3) is 16.3 Å². The molecule has 6 nitrogen and oxygen atoms in total. The van der Waals surface area contributed by atoms with Gasteiger partial charge in [0.1, 0.15) is 0 Å². The van der Waals surface area contributed by atoms with Crippen LogP contribution in [0.15, 0.2) is 42.5 Å². The summed E-state index contributed by atoms with van der Waals surface area (Å²) < 4.78 is 11.7. The van der Waals surface area contributed by atoms with Gasteiger partial charge in [0.05, 0.1) is 10.2 Å². The summed E-state index contributed by atoms with van der Waals surface area (Å²) in [7, 11) is 3.95. The molecule has 1 aliphatic heterocycles. The zero-order valence-corrected chi connectivity index (χ0v) is 17.7. The van der Waals surface area contributed by atoms with Gasteiger partial charge in [0.2, 0.25) is 6.79 Å². The topological polar surface area (TPSA) is 54.9 Å². The Bertz CT molecular complexity index is 1080. The molecular formula is C21H20ClN3O3S. The number of carbonyl (C=O) groups excluding carboxylic acids is 1. The Labute approximate surface area is 177 Å². The molecule has 0 N–H and O–H groups in total. The van der Waals surface area contributed by atoms with Gasteiger partial charge in [-0.1, -0.05) is 29.0 Å². The predicted molar refractivity (Wildman–Crippen MR) is 117 cm³/mol. The van der Waals surface area contributed by atoms with Crippen molar-refractivity contribution in [1.82, 2.24) is 9.88 Å². The SMILES string of the molecule is CN(C)CCN(C(=O)C=Cc1ccc2c(c1)OCO2)c1nc2ccc(Cl)cc2s1. The fourth-order valence-corrected chi connectivity index (χ4v) is 4.15. The Morgan fingerprint density at radius 2 is 2.00 bits per heavy atom. The van der Waals surface area contributed by atoms with Gasteiger partial charge in [-0.2, -0.15) is 0 Å². The average molecular weight is 430 g/mol. The largest absolute Gasteiger partial charge is 0.454 e.